The normalized spacial score (nSPS) is 10.1. The highest BCUT2D eigenvalue weighted by Gasteiger charge is 2.04. The van der Waals surface area contributed by atoms with Gasteiger partial charge in [-0.2, -0.15) is 11.8 Å². The van der Waals surface area contributed by atoms with E-state index < -0.39 is 0 Å². The Hall–Kier alpha value is -0.450. The van der Waals surface area contributed by atoms with Gasteiger partial charge in [-0.1, -0.05) is 23.8 Å². The number of benzene rings is 1. The van der Waals surface area contributed by atoms with Crippen LogP contribution in [0.25, 0.3) is 0 Å². The first kappa shape index (κ1) is 13.6. The van der Waals surface area contributed by atoms with E-state index in [9.17, 15) is 0 Å². The lowest BCUT2D eigenvalue weighted by Crippen LogP contribution is -2.09. The van der Waals surface area contributed by atoms with Crippen molar-refractivity contribution in [2.45, 2.75) is 6.42 Å². The van der Waals surface area contributed by atoms with Crippen molar-refractivity contribution in [3.05, 3.63) is 28.8 Å². The number of thiocarbonyl (C=S) groups is 1. The molecule has 0 aliphatic carbocycles. The van der Waals surface area contributed by atoms with Crippen molar-refractivity contribution in [2.24, 2.45) is 5.73 Å². The maximum Gasteiger partial charge on any atom is 0.137 e. The highest BCUT2D eigenvalue weighted by Crippen LogP contribution is 2.25. The summed E-state index contributed by atoms with van der Waals surface area (Å²) in [4.78, 5) is 0.343. The number of rotatable bonds is 6. The zero-order chi connectivity index (χ0) is 12.0. The Labute approximate surface area is 110 Å². The Balaban J connectivity index is 2.57. The zero-order valence-corrected chi connectivity index (χ0v) is 11.4. The summed E-state index contributed by atoms with van der Waals surface area (Å²) in [7, 11) is 0. The number of ether oxygens (including phenoxy) is 1. The van der Waals surface area contributed by atoms with Gasteiger partial charge in [0.1, 0.15) is 10.7 Å². The molecule has 0 atom stereocenters. The van der Waals surface area contributed by atoms with Gasteiger partial charge in [-0.05, 0) is 36.6 Å². The molecule has 1 aromatic rings. The molecule has 1 aromatic carbocycles. The van der Waals surface area contributed by atoms with Gasteiger partial charge >= 0.3 is 0 Å². The Morgan fingerprint density at radius 3 is 2.88 bits per heavy atom. The fourth-order valence-corrected chi connectivity index (χ4v) is 1.93. The van der Waals surface area contributed by atoms with Crippen LogP contribution in [0.1, 0.15) is 12.0 Å². The van der Waals surface area contributed by atoms with Crippen LogP contribution in [-0.2, 0) is 0 Å². The van der Waals surface area contributed by atoms with Crippen molar-refractivity contribution in [1.82, 2.24) is 0 Å². The van der Waals surface area contributed by atoms with E-state index >= 15 is 0 Å². The topological polar surface area (TPSA) is 35.2 Å². The molecule has 5 heteroatoms. The van der Waals surface area contributed by atoms with E-state index in [1.807, 2.05) is 6.07 Å². The molecule has 88 valence electrons. The number of hydrogen-bond donors (Lipinski definition) is 1. The van der Waals surface area contributed by atoms with Crippen LogP contribution >= 0.6 is 35.6 Å². The lowest BCUT2D eigenvalue weighted by molar-refractivity contribution is 0.319. The molecule has 0 fully saturated rings. The number of nitrogens with two attached hydrogens (primary N) is 1. The SMILES string of the molecule is CSCCCOc1ccc(C(N)=S)cc1Cl. The Morgan fingerprint density at radius 1 is 1.56 bits per heavy atom. The van der Waals surface area contributed by atoms with E-state index in [1.54, 1.807) is 23.9 Å². The van der Waals surface area contributed by atoms with Crippen LogP contribution in [0.15, 0.2) is 18.2 Å². The Bertz CT molecular complexity index is 371. The summed E-state index contributed by atoms with van der Waals surface area (Å²) in [6.45, 7) is 0.674. The van der Waals surface area contributed by atoms with E-state index in [0.29, 0.717) is 22.4 Å². The molecular formula is C11H14ClNOS2. The van der Waals surface area contributed by atoms with Gasteiger partial charge in [0, 0.05) is 5.56 Å². The average molecular weight is 276 g/mol. The lowest BCUT2D eigenvalue weighted by Gasteiger charge is -2.08. The summed E-state index contributed by atoms with van der Waals surface area (Å²) in [5, 5.41) is 0.550. The van der Waals surface area contributed by atoms with Gasteiger partial charge in [0.15, 0.2) is 0 Å². The van der Waals surface area contributed by atoms with Crippen LogP contribution in [-0.4, -0.2) is 23.6 Å². The second-order valence-corrected chi connectivity index (χ2v) is 5.04. The van der Waals surface area contributed by atoms with Crippen LogP contribution in [0.3, 0.4) is 0 Å². The molecule has 0 bridgehead atoms. The molecule has 0 saturated carbocycles. The third-order valence-electron chi connectivity index (χ3n) is 1.97. The Kier molecular flexibility index (Phi) is 5.95. The smallest absolute Gasteiger partial charge is 0.137 e. The fourth-order valence-electron chi connectivity index (χ4n) is 1.16. The first-order valence-electron chi connectivity index (χ1n) is 4.86. The highest BCUT2D eigenvalue weighted by molar-refractivity contribution is 7.98. The van der Waals surface area contributed by atoms with Gasteiger partial charge in [-0.3, -0.25) is 0 Å². The molecule has 0 saturated heterocycles. The van der Waals surface area contributed by atoms with Gasteiger partial charge in [0.25, 0.3) is 0 Å². The predicted octanol–water partition coefficient (Wildman–Crippen LogP) is 3.11. The maximum atomic E-state index is 6.04. The molecular weight excluding hydrogens is 262 g/mol. The molecule has 0 aromatic heterocycles. The molecule has 0 amide bonds. The first-order chi connectivity index (χ1) is 7.65. The second kappa shape index (κ2) is 6.99. The lowest BCUT2D eigenvalue weighted by atomic mass is 10.2. The van der Waals surface area contributed by atoms with Gasteiger partial charge < -0.3 is 10.5 Å². The molecule has 0 radical (unpaired) electrons. The molecule has 0 unspecified atom stereocenters. The summed E-state index contributed by atoms with van der Waals surface area (Å²) in [6.07, 6.45) is 3.08. The van der Waals surface area contributed by atoms with Gasteiger partial charge in [0.05, 0.1) is 11.6 Å². The third kappa shape index (κ3) is 4.20. The monoisotopic (exact) mass is 275 g/mol. The van der Waals surface area contributed by atoms with Crippen LogP contribution in [0.2, 0.25) is 5.02 Å². The standard InChI is InChI=1S/C11H14ClNOS2/c1-16-6-2-5-14-10-4-3-8(11(13)15)7-9(10)12/h3-4,7H,2,5-6H2,1H3,(H2,13,15). The van der Waals surface area contributed by atoms with E-state index in [2.05, 4.69) is 6.26 Å². The molecule has 0 heterocycles. The number of thioether (sulfide) groups is 1. The minimum atomic E-state index is 0.343. The Morgan fingerprint density at radius 2 is 2.31 bits per heavy atom. The van der Waals surface area contributed by atoms with E-state index in [0.717, 1.165) is 17.7 Å². The van der Waals surface area contributed by atoms with Crippen LogP contribution in [0.5, 0.6) is 5.75 Å². The number of hydrogen-bond acceptors (Lipinski definition) is 3. The highest BCUT2D eigenvalue weighted by atomic mass is 35.5. The van der Waals surface area contributed by atoms with Crippen LogP contribution in [0, 0.1) is 0 Å². The molecule has 1 rings (SSSR count). The van der Waals surface area contributed by atoms with Crippen molar-refractivity contribution in [3.8, 4) is 5.75 Å². The summed E-state index contributed by atoms with van der Waals surface area (Å²) in [6, 6.07) is 5.35. The molecule has 16 heavy (non-hydrogen) atoms. The van der Waals surface area contributed by atoms with Crippen molar-refractivity contribution < 1.29 is 4.74 Å². The number of halogens is 1. The summed E-state index contributed by atoms with van der Waals surface area (Å²) in [5.41, 5.74) is 6.26. The second-order valence-electron chi connectivity index (χ2n) is 3.20. The van der Waals surface area contributed by atoms with E-state index in [-0.39, 0.29) is 0 Å². The zero-order valence-electron chi connectivity index (χ0n) is 9.03. The van der Waals surface area contributed by atoms with Crippen molar-refractivity contribution in [2.75, 3.05) is 18.6 Å². The van der Waals surface area contributed by atoms with Crippen molar-refractivity contribution in [1.29, 1.82) is 0 Å². The largest absolute Gasteiger partial charge is 0.492 e. The van der Waals surface area contributed by atoms with Gasteiger partial charge in [-0.25, -0.2) is 0 Å². The molecule has 2 N–H and O–H groups in total. The summed E-state index contributed by atoms with van der Waals surface area (Å²) in [5.74, 6) is 1.77. The molecule has 0 aliphatic rings. The minimum absolute atomic E-state index is 0.343. The van der Waals surface area contributed by atoms with E-state index in [4.69, 9.17) is 34.3 Å². The van der Waals surface area contributed by atoms with Gasteiger partial charge in [-0.15, -0.1) is 0 Å². The fraction of sp³-hybridized carbons (Fsp3) is 0.364. The quantitative estimate of drug-likeness (QED) is 0.639. The minimum Gasteiger partial charge on any atom is -0.492 e. The van der Waals surface area contributed by atoms with Crippen molar-refractivity contribution in [3.63, 3.8) is 0 Å². The average Bonchev–Trinajstić information content (AvgIpc) is 2.26. The third-order valence-corrected chi connectivity index (χ3v) is 3.19. The molecule has 0 aliphatic heterocycles. The van der Waals surface area contributed by atoms with Crippen LogP contribution in [0.4, 0.5) is 0 Å². The van der Waals surface area contributed by atoms with E-state index in [1.165, 1.54) is 0 Å². The summed E-state index contributed by atoms with van der Waals surface area (Å²) >= 11 is 12.7. The predicted molar refractivity (Wildman–Crippen MR) is 75.8 cm³/mol. The van der Waals surface area contributed by atoms with Gasteiger partial charge in [0.2, 0.25) is 0 Å². The maximum absolute atomic E-state index is 6.04. The summed E-state index contributed by atoms with van der Waals surface area (Å²) < 4.78 is 5.54. The van der Waals surface area contributed by atoms with Crippen molar-refractivity contribution >= 4 is 40.6 Å². The molecule has 2 nitrogen and oxygen atoms in total. The van der Waals surface area contributed by atoms with Crippen LogP contribution < -0.4 is 10.5 Å². The first-order valence-corrected chi connectivity index (χ1v) is 7.04. The molecule has 0 spiro atoms.